The highest BCUT2D eigenvalue weighted by molar-refractivity contribution is 9.11. The normalized spacial score (nSPS) is 10.6. The van der Waals surface area contributed by atoms with Gasteiger partial charge in [-0.25, -0.2) is 4.79 Å². The number of halogens is 2. The van der Waals surface area contributed by atoms with Gasteiger partial charge in [-0.1, -0.05) is 5.16 Å². The molecule has 17 heavy (non-hydrogen) atoms. The number of oxime groups is 1. The van der Waals surface area contributed by atoms with E-state index >= 15 is 0 Å². The summed E-state index contributed by atoms with van der Waals surface area (Å²) in [4.78, 5) is 15.0. The fourth-order valence-electron chi connectivity index (χ4n) is 1.10. The van der Waals surface area contributed by atoms with E-state index in [1.54, 1.807) is 0 Å². The predicted molar refractivity (Wildman–Crippen MR) is 72.4 cm³/mol. The molecule has 0 aliphatic heterocycles. The fourth-order valence-corrected chi connectivity index (χ4v) is 2.55. The molecule has 4 nitrogen and oxygen atoms in total. The first-order chi connectivity index (χ1) is 8.04. The summed E-state index contributed by atoms with van der Waals surface area (Å²) in [5.41, 5.74) is 0.786. The second kappa shape index (κ2) is 6.76. The second-order valence-electron chi connectivity index (χ2n) is 3.06. The van der Waals surface area contributed by atoms with Crippen molar-refractivity contribution in [3.05, 3.63) is 26.6 Å². The first-order valence-electron chi connectivity index (χ1n) is 4.87. The third-order valence-corrected chi connectivity index (χ3v) is 2.87. The van der Waals surface area contributed by atoms with Crippen LogP contribution in [0.25, 0.3) is 0 Å². The summed E-state index contributed by atoms with van der Waals surface area (Å²) in [6, 6.07) is 3.64. The van der Waals surface area contributed by atoms with Crippen molar-refractivity contribution in [2.45, 2.75) is 13.8 Å². The van der Waals surface area contributed by atoms with Gasteiger partial charge in [0.2, 0.25) is 0 Å². The van der Waals surface area contributed by atoms with Gasteiger partial charge in [-0.3, -0.25) is 0 Å². The summed E-state index contributed by atoms with van der Waals surface area (Å²) in [6.07, 6.45) is 1.45. The molecule has 0 N–H and O–H groups in total. The third kappa shape index (κ3) is 4.47. The molecule has 0 bridgehead atoms. The van der Waals surface area contributed by atoms with Gasteiger partial charge in [0.25, 0.3) is 0 Å². The molecule has 0 aromatic heterocycles. The summed E-state index contributed by atoms with van der Waals surface area (Å²) in [6.45, 7) is 3.79. The quantitative estimate of drug-likeness (QED) is 0.466. The molecule has 0 atom stereocenters. The number of carbonyl (C=O) groups is 1. The standard InChI is InChI=1S/C11H11Br2NO3/c1-3-16-11-9(12)4-8(5-10(11)13)6-14-17-7(2)15/h4-6H,3H2,1-2H3. The average molecular weight is 365 g/mol. The Bertz CT molecular complexity index is 423. The lowest BCUT2D eigenvalue weighted by molar-refractivity contribution is -0.140. The highest BCUT2D eigenvalue weighted by Crippen LogP contribution is 2.34. The molecular weight excluding hydrogens is 354 g/mol. The number of hydrogen-bond donors (Lipinski definition) is 0. The van der Waals surface area contributed by atoms with Crippen molar-refractivity contribution >= 4 is 44.0 Å². The van der Waals surface area contributed by atoms with E-state index in [0.717, 1.165) is 20.3 Å². The van der Waals surface area contributed by atoms with E-state index in [-0.39, 0.29) is 0 Å². The maximum absolute atomic E-state index is 10.5. The Labute approximate surface area is 116 Å². The Morgan fingerprint density at radius 3 is 2.47 bits per heavy atom. The first kappa shape index (κ1) is 14.2. The lowest BCUT2D eigenvalue weighted by Crippen LogP contribution is -1.96. The summed E-state index contributed by atoms with van der Waals surface area (Å²) in [7, 11) is 0. The topological polar surface area (TPSA) is 47.9 Å². The molecule has 0 spiro atoms. The number of ether oxygens (including phenoxy) is 1. The van der Waals surface area contributed by atoms with Crippen molar-refractivity contribution in [2.75, 3.05) is 6.61 Å². The molecule has 6 heteroatoms. The second-order valence-corrected chi connectivity index (χ2v) is 4.77. The number of rotatable bonds is 4. The molecule has 1 aromatic carbocycles. The molecule has 92 valence electrons. The van der Waals surface area contributed by atoms with Gasteiger partial charge < -0.3 is 9.57 Å². The number of benzene rings is 1. The van der Waals surface area contributed by atoms with Crippen LogP contribution in [0.2, 0.25) is 0 Å². The van der Waals surface area contributed by atoms with E-state index in [0.29, 0.717) is 6.61 Å². The molecule has 0 amide bonds. The summed E-state index contributed by atoms with van der Waals surface area (Å²) in [5, 5.41) is 3.54. The third-order valence-electron chi connectivity index (χ3n) is 1.69. The molecule has 0 heterocycles. The molecule has 0 saturated carbocycles. The molecule has 0 aliphatic carbocycles. The Morgan fingerprint density at radius 2 is 2.00 bits per heavy atom. The Hall–Kier alpha value is -0.880. The molecule has 1 rings (SSSR count). The van der Waals surface area contributed by atoms with Crippen molar-refractivity contribution in [3.63, 3.8) is 0 Å². The SMILES string of the molecule is CCOc1c(Br)cc(C=NOC(C)=O)cc1Br. The Morgan fingerprint density at radius 1 is 1.41 bits per heavy atom. The van der Waals surface area contributed by atoms with E-state index in [1.807, 2.05) is 19.1 Å². The van der Waals surface area contributed by atoms with Crippen LogP contribution in [0.5, 0.6) is 5.75 Å². The molecule has 0 unspecified atom stereocenters. The van der Waals surface area contributed by atoms with Crippen molar-refractivity contribution < 1.29 is 14.4 Å². The van der Waals surface area contributed by atoms with Crippen molar-refractivity contribution in [1.82, 2.24) is 0 Å². The van der Waals surface area contributed by atoms with Gasteiger partial charge in [0, 0.05) is 6.92 Å². The highest BCUT2D eigenvalue weighted by atomic mass is 79.9. The van der Waals surface area contributed by atoms with Crippen LogP contribution in [0, 0.1) is 0 Å². The Balaban J connectivity index is 2.90. The van der Waals surface area contributed by atoms with Crippen LogP contribution >= 0.6 is 31.9 Å². The van der Waals surface area contributed by atoms with Crippen molar-refractivity contribution in [3.8, 4) is 5.75 Å². The monoisotopic (exact) mass is 363 g/mol. The van der Waals surface area contributed by atoms with E-state index in [4.69, 9.17) is 4.74 Å². The van der Waals surface area contributed by atoms with Crippen LogP contribution in [-0.4, -0.2) is 18.8 Å². The zero-order valence-electron chi connectivity index (χ0n) is 9.37. The van der Waals surface area contributed by atoms with Crippen molar-refractivity contribution in [2.24, 2.45) is 5.16 Å². The predicted octanol–water partition coefficient (Wildman–Crippen LogP) is 3.51. The van der Waals surface area contributed by atoms with E-state index in [2.05, 4.69) is 41.9 Å². The minimum Gasteiger partial charge on any atom is -0.492 e. The van der Waals surface area contributed by atoms with E-state index in [9.17, 15) is 4.79 Å². The van der Waals surface area contributed by atoms with Gasteiger partial charge >= 0.3 is 5.97 Å². The van der Waals surface area contributed by atoms with Crippen LogP contribution in [-0.2, 0) is 9.63 Å². The minimum atomic E-state index is -0.453. The van der Waals surface area contributed by atoms with Gasteiger partial charge in [0.05, 0.1) is 21.8 Å². The van der Waals surface area contributed by atoms with Gasteiger partial charge in [0.1, 0.15) is 5.75 Å². The minimum absolute atomic E-state index is 0.453. The van der Waals surface area contributed by atoms with Gasteiger partial charge in [-0.2, -0.15) is 0 Å². The largest absolute Gasteiger partial charge is 0.492 e. The van der Waals surface area contributed by atoms with Crippen LogP contribution < -0.4 is 4.74 Å². The number of carbonyl (C=O) groups excluding carboxylic acids is 1. The van der Waals surface area contributed by atoms with E-state index < -0.39 is 5.97 Å². The van der Waals surface area contributed by atoms with Gasteiger partial charge in [-0.05, 0) is 56.5 Å². The highest BCUT2D eigenvalue weighted by Gasteiger charge is 2.07. The lowest BCUT2D eigenvalue weighted by atomic mass is 10.2. The summed E-state index contributed by atoms with van der Waals surface area (Å²) < 4.78 is 7.05. The first-order valence-corrected chi connectivity index (χ1v) is 6.46. The maximum Gasteiger partial charge on any atom is 0.331 e. The molecular formula is C11H11Br2NO3. The average Bonchev–Trinajstić information content (AvgIpc) is 2.23. The van der Waals surface area contributed by atoms with Gasteiger partial charge in [0.15, 0.2) is 0 Å². The molecule has 0 radical (unpaired) electrons. The number of nitrogens with zero attached hydrogens (tertiary/aromatic N) is 1. The summed E-state index contributed by atoms with van der Waals surface area (Å²) in [5.74, 6) is 0.280. The van der Waals surface area contributed by atoms with E-state index in [1.165, 1.54) is 13.1 Å². The molecule has 0 aliphatic rings. The molecule has 1 aromatic rings. The molecule has 0 saturated heterocycles. The van der Waals surface area contributed by atoms with Crippen LogP contribution in [0.1, 0.15) is 19.4 Å². The number of hydrogen-bond acceptors (Lipinski definition) is 4. The maximum atomic E-state index is 10.5. The zero-order valence-corrected chi connectivity index (χ0v) is 12.5. The van der Waals surface area contributed by atoms with Crippen LogP contribution in [0.4, 0.5) is 0 Å². The smallest absolute Gasteiger partial charge is 0.331 e. The zero-order chi connectivity index (χ0) is 12.8. The van der Waals surface area contributed by atoms with Crippen LogP contribution in [0.15, 0.2) is 26.2 Å². The van der Waals surface area contributed by atoms with Gasteiger partial charge in [-0.15, -0.1) is 0 Å². The summed E-state index contributed by atoms with van der Waals surface area (Å²) >= 11 is 6.79. The lowest BCUT2D eigenvalue weighted by Gasteiger charge is -2.08. The van der Waals surface area contributed by atoms with Crippen molar-refractivity contribution in [1.29, 1.82) is 0 Å². The van der Waals surface area contributed by atoms with Crippen LogP contribution in [0.3, 0.4) is 0 Å². The Kier molecular flexibility index (Phi) is 5.64. The fraction of sp³-hybridized carbons (Fsp3) is 0.273. The molecule has 0 fully saturated rings.